The number of benzene rings is 1. The molecule has 0 fully saturated rings. The van der Waals surface area contributed by atoms with Gasteiger partial charge in [0.2, 0.25) is 5.91 Å². The van der Waals surface area contributed by atoms with Gasteiger partial charge in [0, 0.05) is 19.0 Å². The Kier molecular flexibility index (Phi) is 5.57. The van der Waals surface area contributed by atoms with E-state index in [4.69, 9.17) is 5.73 Å². The Morgan fingerprint density at radius 3 is 2.69 bits per heavy atom. The number of nitrogens with one attached hydrogen (secondary N) is 1. The number of amides is 1. The van der Waals surface area contributed by atoms with Crippen LogP contribution in [-0.2, 0) is 4.79 Å². The minimum atomic E-state index is -0.206. The molecule has 0 aromatic heterocycles. The summed E-state index contributed by atoms with van der Waals surface area (Å²) in [5.74, 6) is 0.0322. The average Bonchev–Trinajstić information content (AvgIpc) is 2.30. The fraction of sp³-hybridized carbons (Fsp3) is 0.462. The van der Waals surface area contributed by atoms with E-state index in [2.05, 4.69) is 12.2 Å². The van der Waals surface area contributed by atoms with Gasteiger partial charge >= 0.3 is 0 Å². The Bertz CT molecular complexity index is 311. The molecule has 88 valence electrons. The number of carbonyl (C=O) groups excluding carboxylic acids is 1. The van der Waals surface area contributed by atoms with E-state index in [1.165, 1.54) is 0 Å². The maximum absolute atomic E-state index is 11.5. The molecule has 0 heterocycles. The van der Waals surface area contributed by atoms with Crippen molar-refractivity contribution in [3.63, 3.8) is 0 Å². The molecule has 0 saturated carbocycles. The number of nitrogens with two attached hydrogens (primary N) is 1. The molecule has 0 aliphatic rings. The lowest BCUT2D eigenvalue weighted by atomic mass is 10.0. The summed E-state index contributed by atoms with van der Waals surface area (Å²) in [7, 11) is 0. The molecule has 0 saturated heterocycles. The molecule has 0 aliphatic carbocycles. The van der Waals surface area contributed by atoms with Crippen molar-refractivity contribution in [2.75, 3.05) is 6.54 Å². The van der Waals surface area contributed by atoms with E-state index in [9.17, 15) is 4.79 Å². The molecule has 1 unspecified atom stereocenters. The molecular formula is C13H20N2O. The predicted molar refractivity (Wildman–Crippen MR) is 65.9 cm³/mol. The first-order chi connectivity index (χ1) is 7.74. The van der Waals surface area contributed by atoms with Crippen LogP contribution in [0.2, 0.25) is 0 Å². The smallest absolute Gasteiger partial charge is 0.221 e. The molecule has 1 amide bonds. The highest BCUT2D eigenvalue weighted by Gasteiger charge is 2.10. The summed E-state index contributed by atoms with van der Waals surface area (Å²) in [4.78, 5) is 11.5. The minimum Gasteiger partial charge on any atom is -0.356 e. The lowest BCUT2D eigenvalue weighted by Crippen LogP contribution is -2.28. The van der Waals surface area contributed by atoms with Crippen molar-refractivity contribution >= 4 is 5.91 Å². The van der Waals surface area contributed by atoms with Crippen molar-refractivity contribution in [1.29, 1.82) is 0 Å². The predicted octanol–water partition coefficient (Wildman–Crippen LogP) is 1.99. The quantitative estimate of drug-likeness (QED) is 0.720. The van der Waals surface area contributed by atoms with E-state index in [1.54, 1.807) is 0 Å². The van der Waals surface area contributed by atoms with E-state index >= 15 is 0 Å². The van der Waals surface area contributed by atoms with Gasteiger partial charge in [-0.1, -0.05) is 43.7 Å². The number of hydrogen-bond acceptors (Lipinski definition) is 2. The van der Waals surface area contributed by atoms with Crippen LogP contribution in [0.3, 0.4) is 0 Å². The number of carbonyl (C=O) groups is 1. The zero-order valence-electron chi connectivity index (χ0n) is 9.78. The molecule has 1 aromatic rings. The molecule has 3 nitrogen and oxygen atoms in total. The van der Waals surface area contributed by atoms with Gasteiger partial charge in [0.25, 0.3) is 0 Å². The highest BCUT2D eigenvalue weighted by molar-refractivity contribution is 5.76. The average molecular weight is 220 g/mol. The first-order valence-electron chi connectivity index (χ1n) is 5.81. The zero-order valence-corrected chi connectivity index (χ0v) is 9.78. The molecule has 3 N–H and O–H groups in total. The molecule has 16 heavy (non-hydrogen) atoms. The van der Waals surface area contributed by atoms with Crippen LogP contribution in [0.15, 0.2) is 30.3 Å². The molecule has 1 rings (SSSR count). The van der Waals surface area contributed by atoms with Gasteiger partial charge in [-0.15, -0.1) is 0 Å². The van der Waals surface area contributed by atoms with E-state index in [1.807, 2.05) is 30.3 Å². The Morgan fingerprint density at radius 2 is 2.06 bits per heavy atom. The van der Waals surface area contributed by atoms with Crippen molar-refractivity contribution in [3.05, 3.63) is 35.9 Å². The molecule has 3 heteroatoms. The summed E-state index contributed by atoms with van der Waals surface area (Å²) in [6.07, 6.45) is 2.46. The third kappa shape index (κ3) is 4.45. The zero-order chi connectivity index (χ0) is 11.8. The summed E-state index contributed by atoms with van der Waals surface area (Å²) >= 11 is 0. The number of hydrogen-bond donors (Lipinski definition) is 2. The van der Waals surface area contributed by atoms with Crippen LogP contribution in [0.1, 0.15) is 37.8 Å². The third-order valence-electron chi connectivity index (χ3n) is 2.49. The first kappa shape index (κ1) is 12.7. The van der Waals surface area contributed by atoms with Crippen molar-refractivity contribution in [2.45, 2.75) is 32.2 Å². The summed E-state index contributed by atoms with van der Waals surface area (Å²) < 4.78 is 0. The van der Waals surface area contributed by atoms with Gasteiger partial charge in [0.05, 0.1) is 0 Å². The van der Waals surface area contributed by atoms with E-state index < -0.39 is 0 Å². The van der Waals surface area contributed by atoms with Crippen LogP contribution >= 0.6 is 0 Å². The van der Waals surface area contributed by atoms with Crippen LogP contribution in [-0.4, -0.2) is 12.5 Å². The minimum absolute atomic E-state index is 0.0322. The SMILES string of the molecule is CCCCNC(=O)CC(N)c1ccccc1. The van der Waals surface area contributed by atoms with Gasteiger partial charge < -0.3 is 11.1 Å². The lowest BCUT2D eigenvalue weighted by molar-refractivity contribution is -0.121. The monoisotopic (exact) mass is 220 g/mol. The second kappa shape index (κ2) is 7.01. The summed E-state index contributed by atoms with van der Waals surface area (Å²) in [6, 6.07) is 9.50. The fourth-order valence-corrected chi connectivity index (χ4v) is 1.49. The Morgan fingerprint density at radius 1 is 1.38 bits per heavy atom. The summed E-state index contributed by atoms with van der Waals surface area (Å²) in [5, 5.41) is 2.87. The number of rotatable bonds is 6. The van der Waals surface area contributed by atoms with Gasteiger partial charge in [-0.05, 0) is 12.0 Å². The highest BCUT2D eigenvalue weighted by Crippen LogP contribution is 2.12. The molecular weight excluding hydrogens is 200 g/mol. The number of unbranched alkanes of at least 4 members (excludes halogenated alkanes) is 1. The van der Waals surface area contributed by atoms with E-state index in [0.717, 1.165) is 24.9 Å². The second-order valence-electron chi connectivity index (χ2n) is 3.92. The van der Waals surface area contributed by atoms with Gasteiger partial charge in [-0.3, -0.25) is 4.79 Å². The second-order valence-corrected chi connectivity index (χ2v) is 3.92. The Balaban J connectivity index is 2.34. The largest absolute Gasteiger partial charge is 0.356 e. The normalized spacial score (nSPS) is 12.1. The molecule has 1 aromatic carbocycles. The standard InChI is InChI=1S/C13H20N2O/c1-2-3-9-15-13(16)10-12(14)11-7-5-4-6-8-11/h4-8,12H,2-3,9-10,14H2,1H3,(H,15,16). The topological polar surface area (TPSA) is 55.1 Å². The van der Waals surface area contributed by atoms with Crippen LogP contribution in [0, 0.1) is 0 Å². The maximum atomic E-state index is 11.5. The van der Waals surface area contributed by atoms with Crippen LogP contribution in [0.4, 0.5) is 0 Å². The summed E-state index contributed by atoms with van der Waals surface area (Å²) in [5.41, 5.74) is 6.95. The van der Waals surface area contributed by atoms with Crippen molar-refractivity contribution < 1.29 is 4.79 Å². The van der Waals surface area contributed by atoms with Gasteiger partial charge in [0.15, 0.2) is 0 Å². The molecule has 0 radical (unpaired) electrons. The lowest BCUT2D eigenvalue weighted by Gasteiger charge is -2.11. The Hall–Kier alpha value is -1.35. The van der Waals surface area contributed by atoms with Crippen molar-refractivity contribution in [1.82, 2.24) is 5.32 Å². The summed E-state index contributed by atoms with van der Waals surface area (Å²) in [6.45, 7) is 2.85. The van der Waals surface area contributed by atoms with Crippen LogP contribution in [0.5, 0.6) is 0 Å². The van der Waals surface area contributed by atoms with Gasteiger partial charge in [-0.2, -0.15) is 0 Å². The maximum Gasteiger partial charge on any atom is 0.221 e. The van der Waals surface area contributed by atoms with E-state index in [0.29, 0.717) is 6.42 Å². The van der Waals surface area contributed by atoms with Crippen LogP contribution in [0.25, 0.3) is 0 Å². The van der Waals surface area contributed by atoms with Crippen molar-refractivity contribution in [2.24, 2.45) is 5.73 Å². The third-order valence-corrected chi connectivity index (χ3v) is 2.49. The van der Waals surface area contributed by atoms with Crippen molar-refractivity contribution in [3.8, 4) is 0 Å². The molecule has 0 bridgehead atoms. The highest BCUT2D eigenvalue weighted by atomic mass is 16.1. The molecule has 0 spiro atoms. The Labute approximate surface area is 97.0 Å². The van der Waals surface area contributed by atoms with Gasteiger partial charge in [-0.25, -0.2) is 0 Å². The molecule has 1 atom stereocenters. The van der Waals surface area contributed by atoms with Gasteiger partial charge in [0.1, 0.15) is 0 Å². The van der Waals surface area contributed by atoms with E-state index in [-0.39, 0.29) is 11.9 Å². The fourth-order valence-electron chi connectivity index (χ4n) is 1.49. The first-order valence-corrected chi connectivity index (χ1v) is 5.81. The molecule has 0 aliphatic heterocycles. The van der Waals surface area contributed by atoms with Crippen LogP contribution < -0.4 is 11.1 Å².